The Kier molecular flexibility index (Phi) is 6.41. The van der Waals surface area contributed by atoms with Gasteiger partial charge in [-0.15, -0.1) is 11.3 Å². The first-order valence-corrected chi connectivity index (χ1v) is 10.0. The van der Waals surface area contributed by atoms with Gasteiger partial charge in [0.1, 0.15) is 6.04 Å². The summed E-state index contributed by atoms with van der Waals surface area (Å²) in [6, 6.07) is 11.1. The Morgan fingerprint density at radius 2 is 2.12 bits per heavy atom. The molecule has 0 saturated carbocycles. The fraction of sp³-hybridized carbons (Fsp3) is 0.400. The summed E-state index contributed by atoms with van der Waals surface area (Å²) in [5.41, 5.74) is 1.90. The Morgan fingerprint density at radius 1 is 1.23 bits per heavy atom. The van der Waals surface area contributed by atoms with Gasteiger partial charge in [-0.25, -0.2) is 0 Å². The van der Waals surface area contributed by atoms with Crippen molar-refractivity contribution < 1.29 is 9.59 Å². The van der Waals surface area contributed by atoms with E-state index in [0.717, 1.165) is 37.2 Å². The van der Waals surface area contributed by atoms with E-state index in [4.69, 9.17) is 0 Å². The second kappa shape index (κ2) is 8.96. The zero-order chi connectivity index (χ0) is 18.4. The quantitative estimate of drug-likeness (QED) is 0.817. The van der Waals surface area contributed by atoms with Crippen LogP contribution in [0.3, 0.4) is 0 Å². The number of carbonyl (C=O) groups excluding carboxylic acids is 2. The number of benzene rings is 1. The third kappa shape index (κ3) is 4.51. The maximum Gasteiger partial charge on any atom is 0.264 e. The van der Waals surface area contributed by atoms with Crippen molar-refractivity contribution in [1.82, 2.24) is 10.2 Å². The standard InChI is InChI=1S/C20H25N3O2S/c1-2-21-14-15-7-5-8-16(13-15)22-19(24)17-9-3-4-11-23(17)20(25)18-10-6-12-26-18/h5-8,10,12-13,17,21H,2-4,9,11,14H2,1H3,(H,22,24). The van der Waals surface area contributed by atoms with Gasteiger partial charge in [0.15, 0.2) is 0 Å². The first-order chi connectivity index (χ1) is 12.7. The molecule has 1 atom stereocenters. The highest BCUT2D eigenvalue weighted by molar-refractivity contribution is 7.12. The number of amides is 2. The summed E-state index contributed by atoms with van der Waals surface area (Å²) in [5.74, 6) is -0.143. The van der Waals surface area contributed by atoms with Gasteiger partial charge < -0.3 is 15.5 Å². The lowest BCUT2D eigenvalue weighted by atomic mass is 10.0. The Balaban J connectivity index is 1.70. The third-order valence-electron chi connectivity index (χ3n) is 4.57. The molecule has 1 aliphatic rings. The van der Waals surface area contributed by atoms with Gasteiger partial charge in [0.25, 0.3) is 5.91 Å². The van der Waals surface area contributed by atoms with Crippen LogP contribution in [-0.4, -0.2) is 35.8 Å². The molecule has 0 spiro atoms. The molecule has 3 rings (SSSR count). The van der Waals surface area contributed by atoms with Crippen LogP contribution >= 0.6 is 11.3 Å². The lowest BCUT2D eigenvalue weighted by Crippen LogP contribution is -2.49. The fourth-order valence-corrected chi connectivity index (χ4v) is 3.92. The van der Waals surface area contributed by atoms with Crippen molar-refractivity contribution in [2.75, 3.05) is 18.4 Å². The van der Waals surface area contributed by atoms with Crippen molar-refractivity contribution >= 4 is 28.8 Å². The molecule has 1 aromatic heterocycles. The highest BCUT2D eigenvalue weighted by Crippen LogP contribution is 2.23. The maximum atomic E-state index is 12.9. The molecule has 138 valence electrons. The summed E-state index contributed by atoms with van der Waals surface area (Å²) >= 11 is 1.42. The van der Waals surface area contributed by atoms with Crippen molar-refractivity contribution in [1.29, 1.82) is 0 Å². The Labute approximate surface area is 158 Å². The predicted molar refractivity (Wildman–Crippen MR) is 105 cm³/mol. The molecule has 2 amide bonds. The molecule has 1 fully saturated rings. The number of carbonyl (C=O) groups is 2. The number of anilines is 1. The first-order valence-electron chi connectivity index (χ1n) is 9.14. The molecule has 2 aromatic rings. The van der Waals surface area contributed by atoms with Crippen LogP contribution in [0.4, 0.5) is 5.69 Å². The van der Waals surface area contributed by atoms with E-state index in [0.29, 0.717) is 17.8 Å². The molecule has 26 heavy (non-hydrogen) atoms. The SMILES string of the molecule is CCNCc1cccc(NC(=O)C2CCCCN2C(=O)c2cccs2)c1. The molecule has 1 saturated heterocycles. The number of thiophene rings is 1. The number of rotatable bonds is 6. The van der Waals surface area contributed by atoms with Gasteiger partial charge in [0, 0.05) is 18.8 Å². The van der Waals surface area contributed by atoms with Crippen LogP contribution in [0.2, 0.25) is 0 Å². The molecule has 6 heteroatoms. The van der Waals surface area contributed by atoms with Crippen LogP contribution in [0.5, 0.6) is 0 Å². The molecule has 1 aliphatic heterocycles. The van der Waals surface area contributed by atoms with Crippen LogP contribution in [0.15, 0.2) is 41.8 Å². The molecule has 2 N–H and O–H groups in total. The summed E-state index contributed by atoms with van der Waals surface area (Å²) in [4.78, 5) is 28.0. The van der Waals surface area contributed by atoms with Gasteiger partial charge in [-0.05, 0) is 54.9 Å². The molecular formula is C20H25N3O2S. The van der Waals surface area contributed by atoms with Gasteiger partial charge in [0.2, 0.25) is 5.91 Å². The molecule has 0 aliphatic carbocycles. The normalized spacial score (nSPS) is 17.1. The van der Waals surface area contributed by atoms with Gasteiger partial charge in [-0.2, -0.15) is 0 Å². The number of likely N-dealkylation sites (tertiary alicyclic amines) is 1. The number of nitrogens with zero attached hydrogens (tertiary/aromatic N) is 1. The number of hydrogen-bond acceptors (Lipinski definition) is 4. The molecule has 2 heterocycles. The Bertz CT molecular complexity index is 745. The smallest absolute Gasteiger partial charge is 0.264 e. The van der Waals surface area contributed by atoms with E-state index in [9.17, 15) is 9.59 Å². The lowest BCUT2D eigenvalue weighted by molar-refractivity contribution is -0.121. The highest BCUT2D eigenvalue weighted by Gasteiger charge is 2.33. The van der Waals surface area contributed by atoms with Crippen molar-refractivity contribution in [2.24, 2.45) is 0 Å². The highest BCUT2D eigenvalue weighted by atomic mass is 32.1. The summed E-state index contributed by atoms with van der Waals surface area (Å²) in [5, 5.41) is 8.17. The van der Waals surface area contributed by atoms with Crippen molar-refractivity contribution in [3.05, 3.63) is 52.2 Å². The Morgan fingerprint density at radius 3 is 2.88 bits per heavy atom. The average Bonchev–Trinajstić information content (AvgIpc) is 3.21. The summed E-state index contributed by atoms with van der Waals surface area (Å²) < 4.78 is 0. The number of nitrogens with one attached hydrogen (secondary N) is 2. The maximum absolute atomic E-state index is 12.9. The second-order valence-corrected chi connectivity index (χ2v) is 7.41. The van der Waals surface area contributed by atoms with Gasteiger partial charge in [0.05, 0.1) is 4.88 Å². The monoisotopic (exact) mass is 371 g/mol. The fourth-order valence-electron chi connectivity index (χ4n) is 3.24. The van der Waals surface area contributed by atoms with E-state index in [1.54, 1.807) is 4.90 Å². The molecule has 1 unspecified atom stereocenters. The van der Waals surface area contributed by atoms with Gasteiger partial charge >= 0.3 is 0 Å². The van der Waals surface area contributed by atoms with E-state index >= 15 is 0 Å². The number of piperidine rings is 1. The van der Waals surface area contributed by atoms with Crippen LogP contribution in [0.1, 0.15) is 41.4 Å². The van der Waals surface area contributed by atoms with E-state index in [-0.39, 0.29) is 11.8 Å². The average molecular weight is 372 g/mol. The van der Waals surface area contributed by atoms with Gasteiger partial charge in [-0.1, -0.05) is 25.1 Å². The summed E-state index contributed by atoms with van der Waals surface area (Å²) in [7, 11) is 0. The van der Waals surface area contributed by atoms with E-state index < -0.39 is 6.04 Å². The predicted octanol–water partition coefficient (Wildman–Crippen LogP) is 3.49. The van der Waals surface area contributed by atoms with Crippen molar-refractivity contribution in [2.45, 2.75) is 38.8 Å². The zero-order valence-corrected chi connectivity index (χ0v) is 15.8. The molecular weight excluding hydrogens is 346 g/mol. The minimum Gasteiger partial charge on any atom is -0.326 e. The summed E-state index contributed by atoms with van der Waals surface area (Å²) in [6.07, 6.45) is 2.62. The van der Waals surface area contributed by atoms with E-state index in [1.165, 1.54) is 11.3 Å². The molecule has 0 radical (unpaired) electrons. The van der Waals surface area contributed by atoms with Gasteiger partial charge in [-0.3, -0.25) is 9.59 Å². The van der Waals surface area contributed by atoms with Crippen molar-refractivity contribution in [3.63, 3.8) is 0 Å². The second-order valence-electron chi connectivity index (χ2n) is 6.46. The minimum atomic E-state index is -0.407. The van der Waals surface area contributed by atoms with Crippen LogP contribution < -0.4 is 10.6 Å². The molecule has 5 nitrogen and oxygen atoms in total. The lowest BCUT2D eigenvalue weighted by Gasteiger charge is -2.34. The van der Waals surface area contributed by atoms with Crippen LogP contribution in [0, 0.1) is 0 Å². The van der Waals surface area contributed by atoms with Crippen LogP contribution in [-0.2, 0) is 11.3 Å². The van der Waals surface area contributed by atoms with Crippen LogP contribution in [0.25, 0.3) is 0 Å². The molecule has 0 bridgehead atoms. The largest absolute Gasteiger partial charge is 0.326 e. The third-order valence-corrected chi connectivity index (χ3v) is 5.43. The Hall–Kier alpha value is -2.18. The topological polar surface area (TPSA) is 61.4 Å². The van der Waals surface area contributed by atoms with Crippen molar-refractivity contribution in [3.8, 4) is 0 Å². The summed E-state index contributed by atoms with van der Waals surface area (Å²) in [6.45, 7) is 4.37. The van der Waals surface area contributed by atoms with E-state index in [1.807, 2.05) is 41.8 Å². The number of hydrogen-bond donors (Lipinski definition) is 2. The zero-order valence-electron chi connectivity index (χ0n) is 15.0. The van der Waals surface area contributed by atoms with E-state index in [2.05, 4.69) is 17.6 Å². The first kappa shape index (κ1) is 18.6. The molecule has 1 aromatic carbocycles. The minimum absolute atomic E-state index is 0.0410.